The van der Waals surface area contributed by atoms with E-state index < -0.39 is 31.1 Å². The second-order valence-corrected chi connectivity index (χ2v) is 12.2. The molecule has 4 rings (SSSR count). The first-order valence-electron chi connectivity index (χ1n) is 11.6. The molecule has 0 saturated carbocycles. The molecular weight excluding hydrogens is 520 g/mol. The second kappa shape index (κ2) is 10.7. The third-order valence-electron chi connectivity index (χ3n) is 6.30. The quantitative estimate of drug-likeness (QED) is 0.402. The molecule has 2 atom stereocenters. The van der Waals surface area contributed by atoms with E-state index in [4.69, 9.17) is 19.0 Å². The summed E-state index contributed by atoms with van der Waals surface area (Å²) in [4.78, 5) is 11.0. The number of fused-ring (bicyclic) bond motifs is 1. The molecule has 0 spiro atoms. The van der Waals surface area contributed by atoms with Gasteiger partial charge in [-0.15, -0.1) is 0 Å². The van der Waals surface area contributed by atoms with Gasteiger partial charge in [0.05, 0.1) is 12.5 Å². The van der Waals surface area contributed by atoms with Crippen molar-refractivity contribution >= 4 is 26.5 Å². The van der Waals surface area contributed by atoms with E-state index in [1.54, 1.807) is 30.3 Å². The number of ether oxygens (including phenoxy) is 2. The minimum Gasteiger partial charge on any atom is -0.488 e. The fourth-order valence-corrected chi connectivity index (χ4v) is 6.27. The van der Waals surface area contributed by atoms with Gasteiger partial charge in [-0.25, -0.2) is 22.0 Å². The van der Waals surface area contributed by atoms with Crippen molar-refractivity contribution in [2.75, 3.05) is 13.2 Å². The molecule has 10 nitrogen and oxygen atoms in total. The molecule has 0 radical (unpaired) electrons. The molecule has 0 aliphatic carbocycles. The van der Waals surface area contributed by atoms with Crippen LogP contribution in [-0.4, -0.2) is 46.9 Å². The number of carbonyl (C=O) groups is 1. The largest absolute Gasteiger partial charge is 0.488 e. The third kappa shape index (κ3) is 5.72. The van der Waals surface area contributed by atoms with Crippen LogP contribution in [0.4, 0.5) is 0 Å². The third-order valence-corrected chi connectivity index (χ3v) is 8.93. The summed E-state index contributed by atoms with van der Waals surface area (Å²) in [5, 5.41) is 4.76. The summed E-state index contributed by atoms with van der Waals surface area (Å²) in [6.07, 6.45) is 0.297. The lowest BCUT2D eigenvalue weighted by Crippen LogP contribution is -2.36. The number of primary sulfonamides is 1. The summed E-state index contributed by atoms with van der Waals surface area (Å²) in [5.74, 6) is -0.0819. The van der Waals surface area contributed by atoms with Crippen LogP contribution in [0.5, 0.6) is 5.75 Å². The lowest BCUT2D eigenvalue weighted by molar-refractivity contribution is -0.129. The normalized spacial score (nSPS) is 18.3. The van der Waals surface area contributed by atoms with Crippen LogP contribution in [0.1, 0.15) is 41.7 Å². The Morgan fingerprint density at radius 3 is 2.62 bits per heavy atom. The minimum atomic E-state index is -4.06. The van der Waals surface area contributed by atoms with Gasteiger partial charge in [-0.1, -0.05) is 37.3 Å². The van der Waals surface area contributed by atoms with Crippen molar-refractivity contribution in [2.45, 2.75) is 48.8 Å². The number of rotatable bonds is 9. The van der Waals surface area contributed by atoms with Crippen molar-refractivity contribution in [1.29, 1.82) is 0 Å². The smallest absolute Gasteiger partial charge is 0.293 e. The van der Waals surface area contributed by atoms with Crippen LogP contribution < -0.4 is 9.88 Å². The van der Waals surface area contributed by atoms with Crippen LogP contribution in [0.3, 0.4) is 0 Å². The van der Waals surface area contributed by atoms with E-state index in [1.165, 1.54) is 22.5 Å². The van der Waals surface area contributed by atoms with Gasteiger partial charge in [0.1, 0.15) is 29.1 Å². The number of nitrogens with two attached hydrogens (primary N) is 1. The van der Waals surface area contributed by atoms with Crippen LogP contribution >= 0.6 is 0 Å². The molecule has 2 N–H and O–H groups in total. The van der Waals surface area contributed by atoms with Gasteiger partial charge < -0.3 is 13.9 Å². The first kappa shape index (κ1) is 26.9. The van der Waals surface area contributed by atoms with Gasteiger partial charge in [-0.2, -0.15) is 4.31 Å². The highest BCUT2D eigenvalue weighted by molar-refractivity contribution is 7.89. The fourth-order valence-electron chi connectivity index (χ4n) is 4.22. The first-order chi connectivity index (χ1) is 17.5. The van der Waals surface area contributed by atoms with Crippen molar-refractivity contribution < 1.29 is 35.5 Å². The molecule has 0 saturated heterocycles. The highest BCUT2D eigenvalue weighted by Gasteiger charge is 2.34. The van der Waals surface area contributed by atoms with Gasteiger partial charge in [0.25, 0.3) is 16.5 Å². The zero-order valence-electron chi connectivity index (χ0n) is 20.4. The molecule has 1 unspecified atom stereocenters. The maximum atomic E-state index is 13.6. The number of carbonyl (C=O) groups excluding carboxylic acids is 1. The molecule has 198 valence electrons. The number of furan rings is 1. The van der Waals surface area contributed by atoms with Crippen LogP contribution in [0.25, 0.3) is 0 Å². The molecule has 12 heteroatoms. The Morgan fingerprint density at radius 1 is 1.19 bits per heavy atom. The molecule has 1 aliphatic heterocycles. The molecule has 0 fully saturated rings. The molecule has 2 aromatic carbocycles. The number of para-hydroxylation sites is 1. The Hall–Kier alpha value is -3.19. The number of sulfonamides is 2. The highest BCUT2D eigenvalue weighted by Crippen LogP contribution is 2.34. The summed E-state index contributed by atoms with van der Waals surface area (Å²) in [7, 11) is -7.91. The average molecular weight is 549 g/mol. The maximum absolute atomic E-state index is 13.6. The molecule has 0 amide bonds. The Labute approximate surface area is 216 Å². The summed E-state index contributed by atoms with van der Waals surface area (Å²) in [6, 6.07) is 14.7. The molecule has 1 aliphatic rings. The van der Waals surface area contributed by atoms with Gasteiger partial charge in [-0.3, -0.25) is 4.79 Å². The van der Waals surface area contributed by atoms with Crippen molar-refractivity contribution in [3.8, 4) is 5.75 Å². The lowest BCUT2D eigenvalue weighted by atomic mass is 9.93. The SMILES string of the molecule is CC[C@@H]1CN(Cc2cc(C(COC=O)c3ccc(S(N)(=O)=O)o3)ccc2C)S(=O)(=O)c2ccccc2O1. The van der Waals surface area contributed by atoms with Gasteiger partial charge in [-0.05, 0) is 54.3 Å². The Morgan fingerprint density at radius 2 is 1.95 bits per heavy atom. The molecule has 3 aromatic rings. The van der Waals surface area contributed by atoms with Gasteiger partial charge in [0, 0.05) is 6.54 Å². The van der Waals surface area contributed by atoms with E-state index in [-0.39, 0.29) is 42.9 Å². The van der Waals surface area contributed by atoms with Gasteiger partial charge in [0.15, 0.2) is 0 Å². The number of aryl methyl sites for hydroxylation is 1. The molecule has 37 heavy (non-hydrogen) atoms. The topological polar surface area (TPSA) is 146 Å². The molecule has 1 aromatic heterocycles. The van der Waals surface area contributed by atoms with Gasteiger partial charge in [0.2, 0.25) is 15.1 Å². The van der Waals surface area contributed by atoms with E-state index >= 15 is 0 Å². The minimum absolute atomic E-state index is 0.0814. The number of hydrogen-bond acceptors (Lipinski definition) is 8. The first-order valence-corrected chi connectivity index (χ1v) is 14.6. The van der Waals surface area contributed by atoms with Crippen LogP contribution in [0, 0.1) is 6.92 Å². The second-order valence-electron chi connectivity index (χ2n) is 8.76. The summed E-state index contributed by atoms with van der Waals surface area (Å²) >= 11 is 0. The number of hydrogen-bond donors (Lipinski definition) is 1. The zero-order chi connectivity index (χ0) is 26.8. The van der Waals surface area contributed by atoms with Crippen molar-refractivity contribution in [1.82, 2.24) is 4.31 Å². The Bertz CT molecular complexity index is 1500. The monoisotopic (exact) mass is 548 g/mol. The lowest BCUT2D eigenvalue weighted by Gasteiger charge is -2.24. The van der Waals surface area contributed by atoms with E-state index in [2.05, 4.69) is 0 Å². The predicted molar refractivity (Wildman–Crippen MR) is 134 cm³/mol. The van der Waals surface area contributed by atoms with E-state index in [0.717, 1.165) is 11.1 Å². The number of benzene rings is 2. The van der Waals surface area contributed by atoms with Crippen molar-refractivity contribution in [3.05, 3.63) is 77.0 Å². The maximum Gasteiger partial charge on any atom is 0.293 e. The average Bonchev–Trinajstić information content (AvgIpc) is 3.32. The Balaban J connectivity index is 1.72. The fraction of sp³-hybridized carbons (Fsp3) is 0.320. The van der Waals surface area contributed by atoms with Crippen molar-refractivity contribution in [2.24, 2.45) is 5.14 Å². The number of nitrogens with zero attached hydrogens (tertiary/aromatic N) is 1. The van der Waals surface area contributed by atoms with E-state index in [0.29, 0.717) is 17.7 Å². The molecular formula is C25H28N2O8S2. The summed E-state index contributed by atoms with van der Waals surface area (Å²) in [5.41, 5.74) is 2.23. The van der Waals surface area contributed by atoms with Crippen LogP contribution in [0.15, 0.2) is 69.0 Å². The highest BCUT2D eigenvalue weighted by atomic mass is 32.2. The summed E-state index contributed by atoms with van der Waals surface area (Å²) < 4.78 is 68.4. The molecule has 2 heterocycles. The van der Waals surface area contributed by atoms with E-state index in [1.807, 2.05) is 19.9 Å². The van der Waals surface area contributed by atoms with Crippen LogP contribution in [-0.2, 0) is 36.1 Å². The molecule has 0 bridgehead atoms. The standard InChI is InChI=1S/C25H28N2O8S2/c1-3-20-14-27(37(31,32)24-7-5-4-6-23(24)34-20)13-19-12-18(9-8-17(19)2)21(15-33-16-28)22-10-11-25(35-22)36(26,29)30/h4-12,16,20-21H,3,13-15H2,1-2H3,(H2,26,29,30)/t20-,21?/m1/s1. The van der Waals surface area contributed by atoms with Gasteiger partial charge >= 0.3 is 0 Å². The Kier molecular flexibility index (Phi) is 7.74. The predicted octanol–water partition coefficient (Wildman–Crippen LogP) is 2.90. The van der Waals surface area contributed by atoms with Crippen molar-refractivity contribution in [3.63, 3.8) is 0 Å². The summed E-state index contributed by atoms with van der Waals surface area (Å²) in [6.45, 7) is 4.23. The zero-order valence-corrected chi connectivity index (χ0v) is 22.0. The van der Waals surface area contributed by atoms with E-state index in [9.17, 15) is 21.6 Å². The van der Waals surface area contributed by atoms with Crippen LogP contribution in [0.2, 0.25) is 0 Å².